The molecule has 2 fully saturated rings. The Morgan fingerprint density at radius 3 is 2.52 bits per heavy atom. The highest BCUT2D eigenvalue weighted by atomic mass is 35.5. The second kappa shape index (κ2) is 7.89. The maximum atomic E-state index is 12.4. The van der Waals surface area contributed by atoms with E-state index in [1.807, 2.05) is 25.7 Å². The van der Waals surface area contributed by atoms with Gasteiger partial charge < -0.3 is 24.4 Å². The smallest absolute Gasteiger partial charge is 0.413 e. The molecule has 1 saturated heterocycles. The first-order valence-electron chi connectivity index (χ1n) is 10.5. The summed E-state index contributed by atoms with van der Waals surface area (Å²) in [4.78, 5) is 37.8. The van der Waals surface area contributed by atoms with Gasteiger partial charge in [0.1, 0.15) is 12.2 Å². The normalized spacial score (nSPS) is 23.3. The summed E-state index contributed by atoms with van der Waals surface area (Å²) in [5, 5.41) is 9.81. The molecular weight excluding hydrogens is 426 g/mol. The molecule has 1 aromatic heterocycles. The van der Waals surface area contributed by atoms with Crippen LogP contribution in [-0.4, -0.2) is 76.6 Å². The molecule has 2 atom stereocenters. The molecule has 2 amide bonds. The molecule has 31 heavy (non-hydrogen) atoms. The lowest BCUT2D eigenvalue weighted by molar-refractivity contribution is 0.0237. The minimum atomic E-state index is -1.08. The second-order valence-electron chi connectivity index (χ2n) is 9.32. The van der Waals surface area contributed by atoms with E-state index in [0.717, 1.165) is 12.8 Å². The first-order chi connectivity index (χ1) is 14.5. The molecule has 3 heterocycles. The van der Waals surface area contributed by atoms with Crippen LogP contribution in [0, 0.1) is 5.92 Å². The van der Waals surface area contributed by atoms with Crippen LogP contribution in [0.15, 0.2) is 0 Å². The molecule has 0 unspecified atom stereocenters. The van der Waals surface area contributed by atoms with Crippen molar-refractivity contribution in [2.24, 2.45) is 5.92 Å². The number of nitrogens with zero attached hydrogens (tertiary/aromatic N) is 5. The predicted octanol–water partition coefficient (Wildman–Crippen LogP) is 3.23. The average Bonchev–Trinajstić information content (AvgIpc) is 3.40. The van der Waals surface area contributed by atoms with Gasteiger partial charge in [0.25, 0.3) is 0 Å². The van der Waals surface area contributed by atoms with E-state index in [0.29, 0.717) is 31.1 Å². The molecule has 3 aliphatic rings. The third kappa shape index (κ3) is 4.44. The summed E-state index contributed by atoms with van der Waals surface area (Å²) in [7, 11) is 1.72. The van der Waals surface area contributed by atoms with E-state index in [-0.39, 0.29) is 41.8 Å². The summed E-state index contributed by atoms with van der Waals surface area (Å²) < 4.78 is 11.5. The molecule has 0 spiro atoms. The van der Waals surface area contributed by atoms with Gasteiger partial charge >= 0.3 is 12.2 Å². The maximum Gasteiger partial charge on any atom is 0.413 e. The third-order valence-electron chi connectivity index (χ3n) is 5.83. The van der Waals surface area contributed by atoms with Crippen LogP contribution in [-0.2, 0) is 4.74 Å². The number of likely N-dealkylation sites (N-methyl/N-ethyl adjacent to an activating group) is 1. The van der Waals surface area contributed by atoms with E-state index in [4.69, 9.17) is 21.1 Å². The molecule has 10 nitrogen and oxygen atoms in total. The van der Waals surface area contributed by atoms with Gasteiger partial charge in [-0.15, -0.1) is 0 Å². The summed E-state index contributed by atoms with van der Waals surface area (Å²) in [5.74, 6) is 1.24. The van der Waals surface area contributed by atoms with Crippen molar-refractivity contribution in [1.82, 2.24) is 14.9 Å². The number of aromatic nitrogens is 2. The SMILES string of the molecule is CN(C(=O)OC(C)(C)C)[C@@H]1CCN(c2nc(Cl)nc3c2OC[C@@H](C2CC2)N3C(=O)O)C1. The van der Waals surface area contributed by atoms with E-state index >= 15 is 0 Å². The van der Waals surface area contributed by atoms with Crippen LogP contribution in [0.5, 0.6) is 5.75 Å². The number of rotatable bonds is 3. The quantitative estimate of drug-likeness (QED) is 0.695. The zero-order chi connectivity index (χ0) is 22.5. The Labute approximate surface area is 186 Å². The van der Waals surface area contributed by atoms with Gasteiger partial charge in [0, 0.05) is 20.1 Å². The number of anilines is 2. The Morgan fingerprint density at radius 2 is 1.90 bits per heavy atom. The van der Waals surface area contributed by atoms with Gasteiger partial charge in [-0.25, -0.2) is 9.59 Å². The molecule has 2 aliphatic heterocycles. The van der Waals surface area contributed by atoms with Gasteiger partial charge in [-0.05, 0) is 57.6 Å². The van der Waals surface area contributed by atoms with E-state index in [1.54, 1.807) is 11.9 Å². The topological polar surface area (TPSA) is 108 Å². The number of halogens is 1. The summed E-state index contributed by atoms with van der Waals surface area (Å²) in [5.41, 5.74) is -0.574. The van der Waals surface area contributed by atoms with Gasteiger partial charge in [-0.3, -0.25) is 4.90 Å². The highest BCUT2D eigenvalue weighted by molar-refractivity contribution is 6.28. The van der Waals surface area contributed by atoms with Crippen LogP contribution in [0.1, 0.15) is 40.0 Å². The molecule has 1 saturated carbocycles. The van der Waals surface area contributed by atoms with Gasteiger partial charge in [-0.2, -0.15) is 9.97 Å². The minimum absolute atomic E-state index is 0.0380. The van der Waals surface area contributed by atoms with E-state index in [2.05, 4.69) is 9.97 Å². The van der Waals surface area contributed by atoms with Crippen LogP contribution < -0.4 is 14.5 Å². The summed E-state index contributed by atoms with van der Waals surface area (Å²) in [6.07, 6.45) is 1.20. The van der Waals surface area contributed by atoms with Crippen molar-refractivity contribution < 1.29 is 24.2 Å². The summed E-state index contributed by atoms with van der Waals surface area (Å²) in [6, 6.07) is -0.355. The molecule has 1 N–H and O–H groups in total. The van der Waals surface area contributed by atoms with E-state index < -0.39 is 11.7 Å². The number of hydrogen-bond donors (Lipinski definition) is 1. The van der Waals surface area contributed by atoms with Crippen LogP contribution in [0.4, 0.5) is 21.2 Å². The molecule has 0 bridgehead atoms. The van der Waals surface area contributed by atoms with Crippen LogP contribution in [0.25, 0.3) is 0 Å². The fourth-order valence-electron chi connectivity index (χ4n) is 4.10. The molecule has 4 rings (SSSR count). The molecule has 1 aliphatic carbocycles. The first-order valence-corrected chi connectivity index (χ1v) is 10.9. The second-order valence-corrected chi connectivity index (χ2v) is 9.66. The van der Waals surface area contributed by atoms with Crippen LogP contribution in [0.3, 0.4) is 0 Å². The zero-order valence-electron chi connectivity index (χ0n) is 18.2. The van der Waals surface area contributed by atoms with Gasteiger partial charge in [0.05, 0.1) is 12.1 Å². The number of hydrogen-bond acceptors (Lipinski definition) is 7. The molecular formula is C20H28ClN5O5. The van der Waals surface area contributed by atoms with Crippen LogP contribution in [0.2, 0.25) is 5.28 Å². The number of carbonyl (C=O) groups is 2. The first kappa shape index (κ1) is 21.7. The lowest BCUT2D eigenvalue weighted by atomic mass is 10.1. The molecule has 1 aromatic rings. The lowest BCUT2D eigenvalue weighted by Crippen LogP contribution is -2.48. The molecule has 170 valence electrons. The zero-order valence-corrected chi connectivity index (χ0v) is 18.9. The highest BCUT2D eigenvalue weighted by Gasteiger charge is 2.45. The minimum Gasteiger partial charge on any atom is -0.484 e. The van der Waals surface area contributed by atoms with Crippen LogP contribution >= 0.6 is 11.6 Å². The fourth-order valence-corrected chi connectivity index (χ4v) is 4.26. The van der Waals surface area contributed by atoms with Crippen molar-refractivity contribution in [1.29, 1.82) is 0 Å². The Balaban J connectivity index is 1.57. The summed E-state index contributed by atoms with van der Waals surface area (Å²) in [6.45, 7) is 6.86. The Bertz CT molecular complexity index is 887. The number of ether oxygens (including phenoxy) is 2. The standard InChI is InChI=1S/C20H28ClN5O5/c1-20(2,3)31-19(29)24(4)12-7-8-25(9-12)15-14-16(23-17(21)22-15)26(18(27)28)13(10-30-14)11-5-6-11/h11-13H,5-10H2,1-4H3,(H,27,28)/t12-,13+/m1/s1. The maximum absolute atomic E-state index is 12.4. The predicted molar refractivity (Wildman–Crippen MR) is 114 cm³/mol. The Morgan fingerprint density at radius 1 is 1.23 bits per heavy atom. The summed E-state index contributed by atoms with van der Waals surface area (Å²) >= 11 is 6.19. The van der Waals surface area contributed by atoms with Crippen molar-refractivity contribution >= 4 is 35.4 Å². The number of amides is 2. The van der Waals surface area contributed by atoms with E-state index in [9.17, 15) is 14.7 Å². The van der Waals surface area contributed by atoms with E-state index in [1.165, 1.54) is 4.90 Å². The highest BCUT2D eigenvalue weighted by Crippen LogP contribution is 2.46. The van der Waals surface area contributed by atoms with Crippen molar-refractivity contribution in [3.63, 3.8) is 0 Å². The monoisotopic (exact) mass is 453 g/mol. The van der Waals surface area contributed by atoms with Gasteiger partial charge in [-0.1, -0.05) is 0 Å². The average molecular weight is 454 g/mol. The van der Waals surface area contributed by atoms with Crippen molar-refractivity contribution in [3.05, 3.63) is 5.28 Å². The largest absolute Gasteiger partial charge is 0.484 e. The number of fused-ring (bicyclic) bond motifs is 1. The van der Waals surface area contributed by atoms with Crippen molar-refractivity contribution in [3.8, 4) is 5.75 Å². The van der Waals surface area contributed by atoms with Gasteiger partial charge in [0.15, 0.2) is 11.6 Å². The third-order valence-corrected chi connectivity index (χ3v) is 5.99. The fraction of sp³-hybridized carbons (Fsp3) is 0.700. The molecule has 0 aromatic carbocycles. The van der Waals surface area contributed by atoms with Gasteiger partial charge in [0.2, 0.25) is 11.0 Å². The van der Waals surface area contributed by atoms with Crippen molar-refractivity contribution in [2.45, 2.75) is 57.7 Å². The number of carboxylic acid groups (broad SMARTS) is 1. The number of carbonyl (C=O) groups excluding carboxylic acids is 1. The molecule has 0 radical (unpaired) electrons. The molecule has 11 heteroatoms. The lowest BCUT2D eigenvalue weighted by Gasteiger charge is -2.36. The van der Waals surface area contributed by atoms with Crippen molar-refractivity contribution in [2.75, 3.05) is 36.5 Å². The Hall–Kier alpha value is -2.49. The Kier molecular flexibility index (Phi) is 5.53.